The van der Waals surface area contributed by atoms with Crippen molar-refractivity contribution in [2.24, 2.45) is 0 Å². The first kappa shape index (κ1) is 19.0. The number of aromatic amines is 1. The molecule has 4 aromatic rings. The molecule has 0 radical (unpaired) electrons. The summed E-state index contributed by atoms with van der Waals surface area (Å²) >= 11 is 0. The first-order valence-corrected chi connectivity index (χ1v) is 9.20. The lowest BCUT2D eigenvalue weighted by Crippen LogP contribution is -2.41. The summed E-state index contributed by atoms with van der Waals surface area (Å²) in [5, 5.41) is 4.61. The van der Waals surface area contributed by atoms with Gasteiger partial charge in [-0.2, -0.15) is 5.10 Å². The lowest BCUT2D eigenvalue weighted by Gasteiger charge is -2.09. The fourth-order valence-electron chi connectivity index (χ4n) is 3.01. The minimum atomic E-state index is -0.502. The van der Waals surface area contributed by atoms with Gasteiger partial charge in [0.2, 0.25) is 0 Å². The predicted octanol–water partition coefficient (Wildman–Crippen LogP) is 2.95. The van der Waals surface area contributed by atoms with Crippen LogP contribution in [0, 0.1) is 0 Å². The van der Waals surface area contributed by atoms with E-state index in [2.05, 4.69) is 20.9 Å². The van der Waals surface area contributed by atoms with Crippen molar-refractivity contribution in [1.29, 1.82) is 0 Å². The van der Waals surface area contributed by atoms with Crippen LogP contribution >= 0.6 is 0 Å². The van der Waals surface area contributed by atoms with Gasteiger partial charge in [0, 0.05) is 18.0 Å². The molecule has 0 aliphatic rings. The number of benzene rings is 2. The molecule has 0 saturated heterocycles. The highest BCUT2D eigenvalue weighted by Crippen LogP contribution is 2.31. The van der Waals surface area contributed by atoms with E-state index in [1.807, 2.05) is 48.5 Å². The van der Waals surface area contributed by atoms with E-state index in [0.29, 0.717) is 22.7 Å². The first-order valence-electron chi connectivity index (χ1n) is 9.20. The number of hydrogen-bond donors (Lipinski definition) is 3. The van der Waals surface area contributed by atoms with Gasteiger partial charge in [-0.05, 0) is 36.4 Å². The van der Waals surface area contributed by atoms with Crippen molar-refractivity contribution in [3.63, 3.8) is 0 Å². The third kappa shape index (κ3) is 3.79. The number of methoxy groups -OCH3 is 1. The molecule has 8 heteroatoms. The molecule has 3 N–H and O–H groups in total. The Labute approximate surface area is 172 Å². The number of ether oxygens (including phenoxy) is 1. The van der Waals surface area contributed by atoms with Crippen molar-refractivity contribution in [1.82, 2.24) is 25.6 Å². The number of amides is 2. The van der Waals surface area contributed by atoms with E-state index in [9.17, 15) is 9.59 Å². The van der Waals surface area contributed by atoms with E-state index in [0.717, 1.165) is 5.69 Å². The number of nitrogens with one attached hydrogen (secondary N) is 3. The van der Waals surface area contributed by atoms with Gasteiger partial charge in [0.25, 0.3) is 11.8 Å². The topological polar surface area (TPSA) is 101 Å². The van der Waals surface area contributed by atoms with Gasteiger partial charge in [0.15, 0.2) is 0 Å². The van der Waals surface area contributed by atoms with Crippen molar-refractivity contribution in [3.05, 3.63) is 90.4 Å². The van der Waals surface area contributed by atoms with Crippen molar-refractivity contribution in [2.45, 2.75) is 0 Å². The zero-order valence-corrected chi connectivity index (χ0v) is 16.1. The second kappa shape index (κ2) is 8.36. The summed E-state index contributed by atoms with van der Waals surface area (Å²) < 4.78 is 7.06. The maximum absolute atomic E-state index is 12.9. The lowest BCUT2D eigenvalue weighted by atomic mass is 10.1. The predicted molar refractivity (Wildman–Crippen MR) is 111 cm³/mol. The number of hydrogen-bond acceptors (Lipinski definition) is 4. The molecule has 150 valence electrons. The highest BCUT2D eigenvalue weighted by molar-refractivity contribution is 6.02. The zero-order chi connectivity index (χ0) is 20.9. The highest BCUT2D eigenvalue weighted by Gasteiger charge is 2.21. The average Bonchev–Trinajstić information content (AvgIpc) is 3.48. The summed E-state index contributed by atoms with van der Waals surface area (Å²) in [7, 11) is 1.56. The van der Waals surface area contributed by atoms with Gasteiger partial charge in [-0.3, -0.25) is 20.4 Å². The molecule has 0 bridgehead atoms. The molecule has 0 aliphatic carbocycles. The van der Waals surface area contributed by atoms with Crippen LogP contribution in [0.4, 0.5) is 0 Å². The lowest BCUT2D eigenvalue weighted by molar-refractivity contribution is 0.0844. The summed E-state index contributed by atoms with van der Waals surface area (Å²) in [6, 6.07) is 20.0. The van der Waals surface area contributed by atoms with Gasteiger partial charge < -0.3 is 9.72 Å². The van der Waals surface area contributed by atoms with Crippen LogP contribution in [0.5, 0.6) is 5.75 Å². The monoisotopic (exact) mass is 401 g/mol. The van der Waals surface area contributed by atoms with Crippen molar-refractivity contribution < 1.29 is 14.3 Å². The molecule has 2 aromatic carbocycles. The number of nitrogens with zero attached hydrogens (tertiary/aromatic N) is 2. The molecule has 0 fully saturated rings. The van der Waals surface area contributed by atoms with Crippen LogP contribution in [0.15, 0.2) is 79.1 Å². The number of aromatic nitrogens is 3. The van der Waals surface area contributed by atoms with E-state index < -0.39 is 11.8 Å². The average molecular weight is 401 g/mol. The van der Waals surface area contributed by atoms with E-state index in [-0.39, 0.29) is 5.56 Å². The van der Waals surface area contributed by atoms with Gasteiger partial charge >= 0.3 is 0 Å². The number of carbonyl (C=O) groups excluding carboxylic acids is 2. The van der Waals surface area contributed by atoms with Crippen molar-refractivity contribution >= 4 is 11.8 Å². The summed E-state index contributed by atoms with van der Waals surface area (Å²) in [5.41, 5.74) is 7.36. The van der Waals surface area contributed by atoms with Crippen molar-refractivity contribution in [2.75, 3.05) is 7.11 Å². The quantitative estimate of drug-likeness (QED) is 0.448. The molecule has 8 nitrogen and oxygen atoms in total. The number of para-hydroxylation sites is 2. The molecule has 0 atom stereocenters. The van der Waals surface area contributed by atoms with Crippen LogP contribution in [0.2, 0.25) is 0 Å². The summed E-state index contributed by atoms with van der Waals surface area (Å²) in [5.74, 6) is -0.374. The molecule has 2 heterocycles. The summed E-state index contributed by atoms with van der Waals surface area (Å²) in [4.78, 5) is 27.8. The molecule has 0 spiro atoms. The highest BCUT2D eigenvalue weighted by atomic mass is 16.5. The van der Waals surface area contributed by atoms with E-state index in [1.54, 1.807) is 42.4 Å². The Hall–Kier alpha value is -4.33. The maximum atomic E-state index is 12.9. The molecule has 0 unspecified atom stereocenters. The van der Waals surface area contributed by atoms with Crippen LogP contribution < -0.4 is 15.6 Å². The first-order chi connectivity index (χ1) is 14.7. The Morgan fingerprint density at radius 3 is 2.40 bits per heavy atom. The molecule has 0 saturated carbocycles. The van der Waals surface area contributed by atoms with Crippen LogP contribution in [0.25, 0.3) is 16.9 Å². The van der Waals surface area contributed by atoms with E-state index in [1.165, 1.54) is 0 Å². The van der Waals surface area contributed by atoms with E-state index >= 15 is 0 Å². The zero-order valence-electron chi connectivity index (χ0n) is 16.1. The smallest absolute Gasteiger partial charge is 0.286 e. The maximum Gasteiger partial charge on any atom is 0.286 e. The minimum Gasteiger partial charge on any atom is -0.496 e. The molecule has 0 aliphatic heterocycles. The van der Waals surface area contributed by atoms with Crippen LogP contribution in [-0.4, -0.2) is 33.7 Å². The van der Waals surface area contributed by atoms with Crippen molar-refractivity contribution in [3.8, 4) is 22.7 Å². The Morgan fingerprint density at radius 1 is 0.933 bits per heavy atom. The molecule has 4 rings (SSSR count). The Kier molecular flexibility index (Phi) is 5.29. The molecule has 2 amide bonds. The van der Waals surface area contributed by atoms with Crippen LogP contribution in [-0.2, 0) is 0 Å². The molecular formula is C22H19N5O3. The fraction of sp³-hybridized carbons (Fsp3) is 0.0455. The molecule has 2 aromatic heterocycles. The summed E-state index contributed by atoms with van der Waals surface area (Å²) in [6.45, 7) is 0. The second-order valence-electron chi connectivity index (χ2n) is 6.36. The molecule has 30 heavy (non-hydrogen) atoms. The number of carbonyl (C=O) groups is 2. The van der Waals surface area contributed by atoms with E-state index in [4.69, 9.17) is 4.74 Å². The van der Waals surface area contributed by atoms with Gasteiger partial charge in [-0.1, -0.05) is 30.3 Å². The van der Waals surface area contributed by atoms with Crippen LogP contribution in [0.1, 0.15) is 20.8 Å². The Bertz CT molecular complexity index is 1170. The van der Waals surface area contributed by atoms with Gasteiger partial charge in [0.05, 0.1) is 18.4 Å². The fourth-order valence-corrected chi connectivity index (χ4v) is 3.01. The van der Waals surface area contributed by atoms with Gasteiger partial charge in [-0.25, -0.2) is 4.68 Å². The third-order valence-electron chi connectivity index (χ3n) is 4.47. The number of H-pyrrole nitrogens is 1. The van der Waals surface area contributed by atoms with Gasteiger partial charge in [0.1, 0.15) is 17.1 Å². The Balaban J connectivity index is 1.69. The Morgan fingerprint density at radius 2 is 1.67 bits per heavy atom. The molecular weight excluding hydrogens is 382 g/mol. The minimum absolute atomic E-state index is 0.287. The standard InChI is InChI=1S/C22H19N5O3/c1-30-19-12-6-5-10-16(19)20-17(14-27(26-20)15-8-3-2-4-9-15)21(28)24-25-22(29)18-11-7-13-23-18/h2-14,23H,1H3,(H,24,28)(H,25,29). The second-order valence-corrected chi connectivity index (χ2v) is 6.36. The van der Waals surface area contributed by atoms with Gasteiger partial charge in [-0.15, -0.1) is 0 Å². The third-order valence-corrected chi connectivity index (χ3v) is 4.47. The summed E-state index contributed by atoms with van der Waals surface area (Å²) in [6.07, 6.45) is 3.24. The largest absolute Gasteiger partial charge is 0.496 e. The normalized spacial score (nSPS) is 10.4. The number of rotatable bonds is 5. The van der Waals surface area contributed by atoms with Crippen LogP contribution in [0.3, 0.4) is 0 Å². The number of hydrazine groups is 1. The SMILES string of the molecule is COc1ccccc1-c1nn(-c2ccccc2)cc1C(=O)NNC(=O)c1ccc[nH]1.